The average Bonchev–Trinajstić information content (AvgIpc) is 2.42. The van der Waals surface area contributed by atoms with Crippen molar-refractivity contribution in [1.29, 1.82) is 0 Å². The number of aromatic nitrogens is 1. The molecule has 2 rings (SSSR count). The molecule has 0 N–H and O–H groups in total. The van der Waals surface area contributed by atoms with Gasteiger partial charge in [-0.25, -0.2) is 0 Å². The molecule has 0 radical (unpaired) electrons. The topological polar surface area (TPSA) is 12.9 Å². The average molecular weight is 227 g/mol. The molecule has 0 fully saturated rings. The van der Waals surface area contributed by atoms with Crippen LogP contribution in [0.4, 0.5) is 0 Å². The lowest BCUT2D eigenvalue weighted by atomic mass is 10.0. The van der Waals surface area contributed by atoms with Crippen LogP contribution in [0.1, 0.15) is 32.0 Å². The summed E-state index contributed by atoms with van der Waals surface area (Å²) in [4.78, 5) is 4.31. The lowest BCUT2D eigenvalue weighted by molar-refractivity contribution is 1.14. The summed E-state index contributed by atoms with van der Waals surface area (Å²) in [5, 5.41) is 0. The molecule has 1 nitrogen and oxygen atoms in total. The Morgan fingerprint density at radius 1 is 1.00 bits per heavy atom. The fourth-order valence-electron chi connectivity index (χ4n) is 1.61. The molecular formula is C16H21N. The maximum atomic E-state index is 4.31. The van der Waals surface area contributed by atoms with Crippen molar-refractivity contribution in [1.82, 2.24) is 4.98 Å². The van der Waals surface area contributed by atoms with E-state index in [4.69, 9.17) is 0 Å². The Bertz CT molecular complexity index is 443. The van der Waals surface area contributed by atoms with Gasteiger partial charge in [-0.15, -0.1) is 0 Å². The molecule has 1 aromatic carbocycles. The molecule has 0 aliphatic rings. The van der Waals surface area contributed by atoms with Gasteiger partial charge in [0, 0.05) is 17.5 Å². The van der Waals surface area contributed by atoms with Gasteiger partial charge in [0.05, 0.1) is 0 Å². The number of hydrogen-bond donors (Lipinski definition) is 0. The van der Waals surface area contributed by atoms with E-state index in [9.17, 15) is 0 Å². The first kappa shape index (κ1) is 13.4. The molecule has 0 amide bonds. The second kappa shape index (κ2) is 6.85. The highest BCUT2D eigenvalue weighted by Gasteiger charge is 1.98. The van der Waals surface area contributed by atoms with Gasteiger partial charge in [-0.05, 0) is 30.5 Å². The minimum Gasteiger partial charge on any atom is -0.261 e. The van der Waals surface area contributed by atoms with Crippen LogP contribution in [0.15, 0.2) is 42.6 Å². The maximum absolute atomic E-state index is 4.31. The summed E-state index contributed by atoms with van der Waals surface area (Å²) < 4.78 is 0. The SMILES string of the molecule is CC.CCc1cccc(-c2ccc(C)nc2)c1. The molecule has 0 saturated heterocycles. The van der Waals surface area contributed by atoms with Crippen LogP contribution < -0.4 is 0 Å². The van der Waals surface area contributed by atoms with E-state index in [-0.39, 0.29) is 0 Å². The van der Waals surface area contributed by atoms with Crippen LogP contribution in [0.25, 0.3) is 11.1 Å². The van der Waals surface area contributed by atoms with Crippen molar-refractivity contribution in [3.8, 4) is 11.1 Å². The van der Waals surface area contributed by atoms with E-state index < -0.39 is 0 Å². The van der Waals surface area contributed by atoms with Crippen LogP contribution in [0.3, 0.4) is 0 Å². The van der Waals surface area contributed by atoms with Gasteiger partial charge in [0.15, 0.2) is 0 Å². The number of hydrogen-bond acceptors (Lipinski definition) is 1. The Hall–Kier alpha value is -1.63. The molecule has 0 saturated carbocycles. The highest BCUT2D eigenvalue weighted by Crippen LogP contribution is 2.19. The molecule has 0 unspecified atom stereocenters. The standard InChI is InChI=1S/C14H15N.C2H6/c1-3-12-5-4-6-13(9-12)14-8-7-11(2)15-10-14;1-2/h4-10H,3H2,1-2H3;1-2H3. The minimum absolute atomic E-state index is 1.06. The fraction of sp³-hybridized carbons (Fsp3) is 0.312. The molecule has 2 aromatic rings. The smallest absolute Gasteiger partial charge is 0.0373 e. The van der Waals surface area contributed by atoms with E-state index in [0.717, 1.165) is 12.1 Å². The molecule has 0 aliphatic heterocycles. The van der Waals surface area contributed by atoms with Crippen LogP contribution in [0, 0.1) is 6.92 Å². The van der Waals surface area contributed by atoms with Crippen molar-refractivity contribution in [2.24, 2.45) is 0 Å². The van der Waals surface area contributed by atoms with E-state index >= 15 is 0 Å². The predicted molar refractivity (Wildman–Crippen MR) is 75.1 cm³/mol. The second-order valence-corrected chi connectivity index (χ2v) is 3.74. The van der Waals surface area contributed by atoms with Crippen molar-refractivity contribution >= 4 is 0 Å². The van der Waals surface area contributed by atoms with Gasteiger partial charge < -0.3 is 0 Å². The molecular weight excluding hydrogens is 206 g/mol. The molecule has 1 aromatic heterocycles. The maximum Gasteiger partial charge on any atom is 0.0373 e. The van der Waals surface area contributed by atoms with Gasteiger partial charge >= 0.3 is 0 Å². The molecule has 17 heavy (non-hydrogen) atoms. The lowest BCUT2D eigenvalue weighted by Gasteiger charge is -2.03. The molecule has 0 bridgehead atoms. The Kier molecular flexibility index (Phi) is 5.41. The summed E-state index contributed by atoms with van der Waals surface area (Å²) in [6.45, 7) is 8.18. The summed E-state index contributed by atoms with van der Waals surface area (Å²) >= 11 is 0. The Morgan fingerprint density at radius 3 is 2.35 bits per heavy atom. The number of aryl methyl sites for hydroxylation is 2. The first-order valence-electron chi connectivity index (χ1n) is 6.31. The number of benzene rings is 1. The molecule has 1 heterocycles. The van der Waals surface area contributed by atoms with E-state index in [0.29, 0.717) is 0 Å². The van der Waals surface area contributed by atoms with Crippen LogP contribution in [-0.2, 0) is 6.42 Å². The number of rotatable bonds is 2. The van der Waals surface area contributed by atoms with Gasteiger partial charge in [-0.2, -0.15) is 0 Å². The summed E-state index contributed by atoms with van der Waals surface area (Å²) in [5.74, 6) is 0. The summed E-state index contributed by atoms with van der Waals surface area (Å²) in [6.07, 6.45) is 3.01. The van der Waals surface area contributed by atoms with Gasteiger partial charge in [0.25, 0.3) is 0 Å². The Labute approximate surface area is 105 Å². The third kappa shape index (κ3) is 3.70. The third-order valence-electron chi connectivity index (χ3n) is 2.58. The van der Waals surface area contributed by atoms with Gasteiger partial charge in [0.2, 0.25) is 0 Å². The van der Waals surface area contributed by atoms with Gasteiger partial charge in [-0.3, -0.25) is 4.98 Å². The van der Waals surface area contributed by atoms with Crippen LogP contribution in [0.5, 0.6) is 0 Å². The van der Waals surface area contributed by atoms with Crippen LogP contribution in [0.2, 0.25) is 0 Å². The van der Waals surface area contributed by atoms with E-state index in [1.807, 2.05) is 33.0 Å². The van der Waals surface area contributed by atoms with Crippen LogP contribution in [-0.4, -0.2) is 4.98 Å². The van der Waals surface area contributed by atoms with E-state index in [1.54, 1.807) is 0 Å². The zero-order valence-corrected chi connectivity index (χ0v) is 11.2. The van der Waals surface area contributed by atoms with E-state index in [1.165, 1.54) is 16.7 Å². The zero-order valence-electron chi connectivity index (χ0n) is 11.2. The van der Waals surface area contributed by atoms with Crippen molar-refractivity contribution < 1.29 is 0 Å². The monoisotopic (exact) mass is 227 g/mol. The molecule has 90 valence electrons. The molecule has 1 heteroatoms. The molecule has 0 spiro atoms. The van der Waals surface area contributed by atoms with E-state index in [2.05, 4.69) is 42.2 Å². The zero-order chi connectivity index (χ0) is 12.7. The third-order valence-corrected chi connectivity index (χ3v) is 2.58. The first-order chi connectivity index (χ1) is 8.29. The van der Waals surface area contributed by atoms with Crippen molar-refractivity contribution in [2.75, 3.05) is 0 Å². The van der Waals surface area contributed by atoms with Crippen molar-refractivity contribution in [2.45, 2.75) is 34.1 Å². The Morgan fingerprint density at radius 2 is 1.76 bits per heavy atom. The van der Waals surface area contributed by atoms with Crippen molar-refractivity contribution in [3.05, 3.63) is 53.9 Å². The van der Waals surface area contributed by atoms with Gasteiger partial charge in [-0.1, -0.05) is 51.1 Å². The Balaban J connectivity index is 0.000000686. The van der Waals surface area contributed by atoms with Gasteiger partial charge in [0.1, 0.15) is 0 Å². The molecule has 0 atom stereocenters. The van der Waals surface area contributed by atoms with Crippen LogP contribution >= 0.6 is 0 Å². The predicted octanol–water partition coefficient (Wildman–Crippen LogP) is 4.65. The number of nitrogens with zero attached hydrogens (tertiary/aromatic N) is 1. The largest absolute Gasteiger partial charge is 0.261 e. The lowest BCUT2D eigenvalue weighted by Crippen LogP contribution is -1.85. The number of pyridine rings is 1. The first-order valence-corrected chi connectivity index (χ1v) is 6.31. The summed E-state index contributed by atoms with van der Waals surface area (Å²) in [6, 6.07) is 12.8. The second-order valence-electron chi connectivity index (χ2n) is 3.74. The molecule has 0 aliphatic carbocycles. The summed E-state index contributed by atoms with van der Waals surface area (Å²) in [7, 11) is 0. The highest BCUT2D eigenvalue weighted by atomic mass is 14.7. The summed E-state index contributed by atoms with van der Waals surface area (Å²) in [5.41, 5.74) is 4.87. The normalized spacial score (nSPS) is 9.41. The quantitative estimate of drug-likeness (QED) is 0.728. The minimum atomic E-state index is 1.06. The van der Waals surface area contributed by atoms with Crippen molar-refractivity contribution in [3.63, 3.8) is 0 Å². The fourth-order valence-corrected chi connectivity index (χ4v) is 1.61. The highest BCUT2D eigenvalue weighted by molar-refractivity contribution is 5.63.